The van der Waals surface area contributed by atoms with E-state index in [1.807, 2.05) is 13.8 Å². The highest BCUT2D eigenvalue weighted by molar-refractivity contribution is 7.89. The number of carbonyl (C=O) groups is 2. The van der Waals surface area contributed by atoms with Crippen LogP contribution in [0, 0.1) is 19.8 Å². The minimum atomic E-state index is -3.89. The number of carbonyl (C=O) groups excluding carboxylic acids is 2. The number of aliphatic hydroxyl groups is 1. The summed E-state index contributed by atoms with van der Waals surface area (Å²) in [6, 6.07) is 3.69. The maximum absolute atomic E-state index is 14.3. The number of sulfonamides is 1. The number of benzene rings is 1. The number of fused-ring (bicyclic) bond motifs is 1. The van der Waals surface area contributed by atoms with Gasteiger partial charge in [0, 0.05) is 51.6 Å². The van der Waals surface area contributed by atoms with Gasteiger partial charge in [0.15, 0.2) is 10.8 Å². The molecule has 4 atom stereocenters. The second kappa shape index (κ2) is 15.9. The van der Waals surface area contributed by atoms with Gasteiger partial charge in [-0.25, -0.2) is 18.2 Å². The molecule has 0 radical (unpaired) electrons. The van der Waals surface area contributed by atoms with Gasteiger partial charge in [0.1, 0.15) is 17.1 Å². The second-order valence-electron chi connectivity index (χ2n) is 12.5. The number of anilines is 2. The first-order valence-corrected chi connectivity index (χ1v) is 17.4. The van der Waals surface area contributed by atoms with Gasteiger partial charge in [0.05, 0.1) is 36.7 Å². The van der Waals surface area contributed by atoms with E-state index >= 15 is 0 Å². The van der Waals surface area contributed by atoms with Gasteiger partial charge >= 0.3 is 6.03 Å². The quantitative estimate of drug-likeness (QED) is 0.315. The first-order valence-electron chi connectivity index (χ1n) is 16.0. The smallest absolute Gasteiger partial charge is 0.323 e. The SMILES string of the molecule is Cc1noc(C)c1NC(=O)Nc1ccc2c(c1)C(=O)N([C@H](C)CO)C[C@H](C)[C@@H](CN(C)S(=O)(=O)c1cn(C)cn1)OCCCC[C@@H](C)O2. The van der Waals surface area contributed by atoms with Gasteiger partial charge in [0.25, 0.3) is 15.9 Å². The first kappa shape index (κ1) is 36.8. The van der Waals surface area contributed by atoms with Crippen molar-refractivity contribution < 1.29 is 37.1 Å². The molecule has 0 saturated heterocycles. The molecule has 1 aliphatic rings. The van der Waals surface area contributed by atoms with E-state index in [9.17, 15) is 23.1 Å². The van der Waals surface area contributed by atoms with Crippen molar-refractivity contribution in [2.75, 3.05) is 44.0 Å². The van der Waals surface area contributed by atoms with E-state index in [4.69, 9.17) is 14.0 Å². The lowest BCUT2D eigenvalue weighted by Gasteiger charge is -2.35. The predicted molar refractivity (Wildman–Crippen MR) is 179 cm³/mol. The molecule has 16 heteroatoms. The van der Waals surface area contributed by atoms with Crippen LogP contribution in [-0.4, -0.2) is 101 Å². The van der Waals surface area contributed by atoms with Crippen LogP contribution in [-0.2, 0) is 21.8 Å². The molecule has 15 nitrogen and oxygen atoms in total. The number of nitrogens with one attached hydrogen (secondary N) is 2. The molecule has 3 aromatic rings. The Morgan fingerprint density at radius 1 is 1.21 bits per heavy atom. The summed E-state index contributed by atoms with van der Waals surface area (Å²) in [5.41, 5.74) is 1.52. The predicted octanol–water partition coefficient (Wildman–Crippen LogP) is 3.79. The Labute approximate surface area is 281 Å². The van der Waals surface area contributed by atoms with Crippen molar-refractivity contribution in [3.63, 3.8) is 0 Å². The molecule has 0 bridgehead atoms. The Hall–Kier alpha value is -3.99. The number of rotatable bonds is 8. The number of likely N-dealkylation sites (N-methyl/N-ethyl adjacent to an activating group) is 1. The average Bonchev–Trinajstić information content (AvgIpc) is 3.63. The number of ether oxygens (including phenoxy) is 2. The van der Waals surface area contributed by atoms with Crippen LogP contribution in [0.5, 0.6) is 5.75 Å². The van der Waals surface area contributed by atoms with Crippen LogP contribution in [0.2, 0.25) is 0 Å². The van der Waals surface area contributed by atoms with Crippen LogP contribution in [0.3, 0.4) is 0 Å². The molecule has 0 spiro atoms. The number of aryl methyl sites for hydroxylation is 3. The van der Waals surface area contributed by atoms with Crippen molar-refractivity contribution >= 4 is 33.3 Å². The minimum absolute atomic E-state index is 0.0278. The molecule has 0 unspecified atom stereocenters. The van der Waals surface area contributed by atoms with E-state index < -0.39 is 34.1 Å². The maximum atomic E-state index is 14.3. The summed E-state index contributed by atoms with van der Waals surface area (Å²) in [6.45, 7) is 9.17. The third kappa shape index (κ3) is 8.92. The zero-order chi connectivity index (χ0) is 35.2. The number of nitrogens with zero attached hydrogens (tertiary/aromatic N) is 5. The number of imidazole rings is 1. The highest BCUT2D eigenvalue weighted by Crippen LogP contribution is 2.29. The Morgan fingerprint density at radius 2 is 1.96 bits per heavy atom. The average molecular weight is 690 g/mol. The van der Waals surface area contributed by atoms with Crippen LogP contribution >= 0.6 is 0 Å². The van der Waals surface area contributed by atoms with Gasteiger partial charge in [-0.3, -0.25) is 4.79 Å². The van der Waals surface area contributed by atoms with E-state index in [-0.39, 0.29) is 42.3 Å². The molecule has 0 fully saturated rings. The van der Waals surface area contributed by atoms with Gasteiger partial charge in [0.2, 0.25) is 0 Å². The van der Waals surface area contributed by atoms with Crippen LogP contribution < -0.4 is 15.4 Å². The fraction of sp³-hybridized carbons (Fsp3) is 0.562. The zero-order valence-electron chi connectivity index (χ0n) is 28.6. The van der Waals surface area contributed by atoms with Crippen molar-refractivity contribution in [1.29, 1.82) is 0 Å². The van der Waals surface area contributed by atoms with Gasteiger partial charge in [-0.1, -0.05) is 12.1 Å². The topological polar surface area (TPSA) is 181 Å². The third-order valence-electron chi connectivity index (χ3n) is 8.37. The van der Waals surface area contributed by atoms with E-state index in [1.165, 1.54) is 28.8 Å². The summed E-state index contributed by atoms with van der Waals surface area (Å²) in [4.78, 5) is 32.8. The lowest BCUT2D eigenvalue weighted by molar-refractivity contribution is -0.00835. The number of aliphatic hydroxyl groups excluding tert-OH is 1. The van der Waals surface area contributed by atoms with Crippen molar-refractivity contribution in [2.45, 2.75) is 77.2 Å². The largest absolute Gasteiger partial charge is 0.490 e. The van der Waals surface area contributed by atoms with Crippen LogP contribution in [0.15, 0.2) is 40.3 Å². The van der Waals surface area contributed by atoms with Crippen molar-refractivity contribution in [3.8, 4) is 5.75 Å². The normalized spacial score (nSPS) is 20.5. The van der Waals surface area contributed by atoms with E-state index in [1.54, 1.807) is 50.6 Å². The Kier molecular flexibility index (Phi) is 12.2. The summed E-state index contributed by atoms with van der Waals surface area (Å²) in [7, 11) is -0.717. The fourth-order valence-electron chi connectivity index (χ4n) is 5.43. The summed E-state index contributed by atoms with van der Waals surface area (Å²) in [5.74, 6) is 0.0244. The van der Waals surface area contributed by atoms with Crippen molar-refractivity contribution in [1.82, 2.24) is 23.9 Å². The van der Waals surface area contributed by atoms with Gasteiger partial charge in [-0.15, -0.1) is 0 Å². The number of hydrogen-bond acceptors (Lipinski definition) is 10. The van der Waals surface area contributed by atoms with Gasteiger partial charge in [-0.2, -0.15) is 4.31 Å². The van der Waals surface area contributed by atoms with Crippen LogP contribution in [0.1, 0.15) is 61.8 Å². The maximum Gasteiger partial charge on any atom is 0.323 e. The molecule has 2 aromatic heterocycles. The summed E-state index contributed by atoms with van der Waals surface area (Å²) < 4.78 is 47.1. The lowest BCUT2D eigenvalue weighted by Crippen LogP contribution is -2.48. The molecule has 0 saturated carbocycles. The molecule has 1 aliphatic heterocycles. The molecule has 3 N–H and O–H groups in total. The number of amides is 3. The Balaban J connectivity index is 1.63. The fourth-order valence-corrected chi connectivity index (χ4v) is 6.58. The Morgan fingerprint density at radius 3 is 2.60 bits per heavy atom. The van der Waals surface area contributed by atoms with Gasteiger partial charge < -0.3 is 39.2 Å². The highest BCUT2D eigenvalue weighted by Gasteiger charge is 2.33. The van der Waals surface area contributed by atoms with E-state index in [0.29, 0.717) is 41.6 Å². The summed E-state index contributed by atoms with van der Waals surface area (Å²) >= 11 is 0. The lowest BCUT2D eigenvalue weighted by atomic mass is 10.0. The van der Waals surface area contributed by atoms with E-state index in [2.05, 4.69) is 20.8 Å². The molecule has 0 aliphatic carbocycles. The van der Waals surface area contributed by atoms with Crippen molar-refractivity contribution in [3.05, 3.63) is 47.7 Å². The molecule has 3 heterocycles. The second-order valence-corrected chi connectivity index (χ2v) is 14.4. The molecule has 48 heavy (non-hydrogen) atoms. The standard InChI is InChI=1S/C32H47N7O8S/c1-20-15-39(21(2)18-40)31(41)26-14-25(34-32(42)35-30-23(4)36-47-24(30)5)11-12-27(26)46-22(3)10-8-9-13-45-28(20)16-38(7)48(43,44)29-17-37(6)19-33-29/h11-12,14,17,19-22,28,40H,8-10,13,15-16,18H2,1-7H3,(H2,34,35,42)/t20-,21+,22+,28+/m0/s1. The first-order chi connectivity index (χ1) is 22.7. The van der Waals surface area contributed by atoms with Gasteiger partial charge in [-0.05, 0) is 65.2 Å². The highest BCUT2D eigenvalue weighted by atomic mass is 32.2. The van der Waals surface area contributed by atoms with E-state index in [0.717, 1.165) is 12.8 Å². The Bertz CT molecular complexity index is 1650. The zero-order valence-corrected chi connectivity index (χ0v) is 29.4. The molecular formula is C32H47N7O8S. The summed E-state index contributed by atoms with van der Waals surface area (Å²) in [5, 5.41) is 19.5. The number of urea groups is 1. The van der Waals surface area contributed by atoms with Crippen molar-refractivity contribution in [2.24, 2.45) is 13.0 Å². The van der Waals surface area contributed by atoms with Crippen LogP contribution in [0.25, 0.3) is 0 Å². The summed E-state index contributed by atoms with van der Waals surface area (Å²) in [6.07, 6.45) is 4.23. The molecular weight excluding hydrogens is 642 g/mol. The number of hydrogen-bond donors (Lipinski definition) is 3. The number of aromatic nitrogens is 3. The molecule has 264 valence electrons. The molecule has 4 rings (SSSR count). The molecule has 3 amide bonds. The monoisotopic (exact) mass is 689 g/mol. The van der Waals surface area contributed by atoms with Crippen LogP contribution in [0.4, 0.5) is 16.2 Å². The minimum Gasteiger partial charge on any atom is -0.490 e. The third-order valence-corrected chi connectivity index (χ3v) is 10.1. The molecule has 1 aromatic carbocycles.